The van der Waals surface area contributed by atoms with Gasteiger partial charge in [-0.2, -0.15) is 0 Å². The van der Waals surface area contributed by atoms with Gasteiger partial charge >= 0.3 is 0 Å². The van der Waals surface area contributed by atoms with Gasteiger partial charge in [0.25, 0.3) is 6.02 Å². The molecule has 1 atom stereocenters. The molecule has 0 aliphatic carbocycles. The van der Waals surface area contributed by atoms with Gasteiger partial charge in [-0.1, -0.05) is 18.2 Å². The summed E-state index contributed by atoms with van der Waals surface area (Å²) in [6.45, 7) is 1.25. The second kappa shape index (κ2) is 7.17. The number of aromatic nitrogens is 1. The van der Waals surface area contributed by atoms with Crippen molar-refractivity contribution >= 4 is 11.6 Å². The third kappa shape index (κ3) is 2.89. The van der Waals surface area contributed by atoms with Crippen molar-refractivity contribution in [3.05, 3.63) is 83.4 Å². The summed E-state index contributed by atoms with van der Waals surface area (Å²) in [6.07, 6.45) is 6.11. The third-order valence-corrected chi connectivity index (χ3v) is 6.19. The van der Waals surface area contributed by atoms with Crippen LogP contribution >= 0.6 is 0 Å². The number of nitrogens with two attached hydrogens (primary N) is 1. The molecule has 1 spiro atoms. The first-order valence-electron chi connectivity index (χ1n) is 10.5. The van der Waals surface area contributed by atoms with Gasteiger partial charge in [0.15, 0.2) is 5.54 Å². The average Bonchev–Trinajstić information content (AvgIpc) is 3.22. The molecule has 2 aromatic carbocycles. The van der Waals surface area contributed by atoms with Gasteiger partial charge in [0.2, 0.25) is 0 Å². The fourth-order valence-electron chi connectivity index (χ4n) is 4.61. The van der Waals surface area contributed by atoms with E-state index in [4.69, 9.17) is 24.9 Å². The summed E-state index contributed by atoms with van der Waals surface area (Å²) in [6, 6.07) is 13.1. The summed E-state index contributed by atoms with van der Waals surface area (Å²) in [5.74, 6) is 0.686. The molecule has 6 rings (SSSR count). The molecule has 0 fully saturated rings. The fraction of sp³-hybridized carbons (Fsp3) is 0.200. The number of pyridine rings is 1. The molecule has 6 nitrogen and oxygen atoms in total. The second-order valence-corrected chi connectivity index (χ2v) is 8.04. The second-order valence-electron chi connectivity index (χ2n) is 8.04. The minimum absolute atomic E-state index is 0.103. The van der Waals surface area contributed by atoms with Crippen molar-refractivity contribution in [2.45, 2.75) is 12.0 Å². The molecule has 2 N–H and O–H groups in total. The van der Waals surface area contributed by atoms with E-state index in [1.54, 1.807) is 12.4 Å². The van der Waals surface area contributed by atoms with Crippen molar-refractivity contribution in [2.24, 2.45) is 10.7 Å². The number of amidine groups is 1. The molecule has 0 bridgehead atoms. The molecule has 32 heavy (non-hydrogen) atoms. The first-order chi connectivity index (χ1) is 15.6. The molecule has 160 valence electrons. The lowest BCUT2D eigenvalue weighted by atomic mass is 9.79. The summed E-state index contributed by atoms with van der Waals surface area (Å²) in [4.78, 5) is 8.94. The summed E-state index contributed by atoms with van der Waals surface area (Å²) < 4.78 is 32.3. The quantitative estimate of drug-likeness (QED) is 0.654. The van der Waals surface area contributed by atoms with E-state index in [-0.39, 0.29) is 18.4 Å². The highest BCUT2D eigenvalue weighted by Gasteiger charge is 2.47. The van der Waals surface area contributed by atoms with Gasteiger partial charge in [-0.3, -0.25) is 4.98 Å². The molecular weight excluding hydrogens is 409 g/mol. The minimum atomic E-state index is -0.917. The molecule has 3 aromatic rings. The van der Waals surface area contributed by atoms with Crippen LogP contribution in [0, 0.1) is 5.82 Å². The molecule has 3 aliphatic heterocycles. The molecule has 0 radical (unpaired) electrons. The third-order valence-electron chi connectivity index (χ3n) is 6.19. The zero-order chi connectivity index (χ0) is 21.7. The Bertz CT molecular complexity index is 1290. The SMILES string of the molecule is NC1=N[C@@]2(CO1)c1cc(-c3cccnc3)ccc1Oc1cc(F)c(C3=CCOCC3)cc12. The minimum Gasteiger partial charge on any atom is -0.462 e. The standard InChI is InChI=1S/C25H20FN3O3/c26-21-12-23-20(11-18(21)15-5-8-30-9-6-15)25(14-31-24(27)29-25)19-10-16(3-4-22(19)32-23)17-2-1-7-28-13-17/h1-5,7,10-13H,6,8-9,14H2,(H2,27,29)/t25-/m0/s1. The zero-order valence-electron chi connectivity index (χ0n) is 17.2. The molecular formula is C25H20FN3O3. The van der Waals surface area contributed by atoms with E-state index >= 15 is 4.39 Å². The summed E-state index contributed by atoms with van der Waals surface area (Å²) in [5.41, 5.74) is 10.0. The lowest BCUT2D eigenvalue weighted by Crippen LogP contribution is -2.31. The van der Waals surface area contributed by atoms with E-state index < -0.39 is 5.54 Å². The predicted molar refractivity (Wildman–Crippen MR) is 118 cm³/mol. The summed E-state index contributed by atoms with van der Waals surface area (Å²) >= 11 is 0. The van der Waals surface area contributed by atoms with Crippen LogP contribution in [-0.2, 0) is 15.0 Å². The van der Waals surface area contributed by atoms with Crippen LogP contribution in [0.15, 0.2) is 65.9 Å². The van der Waals surface area contributed by atoms with Crippen molar-refractivity contribution < 1.29 is 18.6 Å². The number of aliphatic imine (C=N–C) groups is 1. The Kier molecular flexibility index (Phi) is 4.26. The number of ether oxygens (including phenoxy) is 3. The van der Waals surface area contributed by atoms with Crippen molar-refractivity contribution in [1.82, 2.24) is 4.98 Å². The van der Waals surface area contributed by atoms with Crippen LogP contribution in [0.5, 0.6) is 11.5 Å². The van der Waals surface area contributed by atoms with Crippen molar-refractivity contribution in [1.29, 1.82) is 0 Å². The van der Waals surface area contributed by atoms with Crippen LogP contribution in [0.25, 0.3) is 16.7 Å². The lowest BCUT2D eigenvalue weighted by Gasteiger charge is -2.34. The van der Waals surface area contributed by atoms with E-state index in [0.717, 1.165) is 27.8 Å². The van der Waals surface area contributed by atoms with Gasteiger partial charge in [-0.15, -0.1) is 0 Å². The van der Waals surface area contributed by atoms with Crippen LogP contribution in [0.1, 0.15) is 23.1 Å². The van der Waals surface area contributed by atoms with Crippen LogP contribution < -0.4 is 10.5 Å². The Hall–Kier alpha value is -3.71. The van der Waals surface area contributed by atoms with Gasteiger partial charge in [0, 0.05) is 40.7 Å². The highest BCUT2D eigenvalue weighted by atomic mass is 19.1. The van der Waals surface area contributed by atoms with Gasteiger partial charge in [0.05, 0.1) is 13.2 Å². The molecule has 1 aromatic heterocycles. The first kappa shape index (κ1) is 19.0. The molecule has 0 saturated heterocycles. The normalized spacial score (nSPS) is 21.2. The number of benzene rings is 2. The lowest BCUT2D eigenvalue weighted by molar-refractivity contribution is 0.161. The maximum absolute atomic E-state index is 15.1. The number of hydrogen-bond acceptors (Lipinski definition) is 6. The zero-order valence-corrected chi connectivity index (χ0v) is 17.2. The van der Waals surface area contributed by atoms with Gasteiger partial charge < -0.3 is 19.9 Å². The first-order valence-corrected chi connectivity index (χ1v) is 10.5. The van der Waals surface area contributed by atoms with Crippen LogP contribution in [0.2, 0.25) is 0 Å². The van der Waals surface area contributed by atoms with E-state index in [1.807, 2.05) is 42.5 Å². The van der Waals surface area contributed by atoms with Gasteiger partial charge in [-0.25, -0.2) is 9.38 Å². The number of fused-ring (bicyclic) bond motifs is 4. The topological polar surface area (TPSA) is 79.0 Å². The molecule has 4 heterocycles. The average molecular weight is 429 g/mol. The summed E-state index contributed by atoms with van der Waals surface area (Å²) in [5, 5.41) is 0. The van der Waals surface area contributed by atoms with E-state index in [0.29, 0.717) is 36.7 Å². The Morgan fingerprint density at radius 2 is 1.94 bits per heavy atom. The number of nitrogens with zero attached hydrogens (tertiary/aromatic N) is 2. The highest BCUT2D eigenvalue weighted by molar-refractivity contribution is 5.79. The molecule has 7 heteroatoms. The Balaban J connectivity index is 1.56. The Morgan fingerprint density at radius 3 is 2.69 bits per heavy atom. The number of rotatable bonds is 2. The van der Waals surface area contributed by atoms with E-state index in [9.17, 15) is 0 Å². The Labute approximate surface area is 184 Å². The van der Waals surface area contributed by atoms with Crippen molar-refractivity contribution in [3.8, 4) is 22.6 Å². The molecule has 0 amide bonds. The van der Waals surface area contributed by atoms with Crippen LogP contribution in [0.4, 0.5) is 4.39 Å². The van der Waals surface area contributed by atoms with Crippen LogP contribution in [-0.4, -0.2) is 30.8 Å². The Morgan fingerprint density at radius 1 is 1.03 bits per heavy atom. The fourth-order valence-corrected chi connectivity index (χ4v) is 4.61. The number of hydrogen-bond donors (Lipinski definition) is 1. The largest absolute Gasteiger partial charge is 0.462 e. The smallest absolute Gasteiger partial charge is 0.283 e. The van der Waals surface area contributed by atoms with Gasteiger partial charge in [0.1, 0.15) is 23.9 Å². The van der Waals surface area contributed by atoms with Crippen LogP contribution in [0.3, 0.4) is 0 Å². The van der Waals surface area contributed by atoms with Crippen molar-refractivity contribution in [3.63, 3.8) is 0 Å². The maximum Gasteiger partial charge on any atom is 0.283 e. The van der Waals surface area contributed by atoms with E-state index in [2.05, 4.69) is 4.98 Å². The molecule has 0 unspecified atom stereocenters. The highest BCUT2D eigenvalue weighted by Crippen LogP contribution is 2.52. The molecule has 3 aliphatic rings. The van der Waals surface area contributed by atoms with Crippen molar-refractivity contribution in [2.75, 3.05) is 19.8 Å². The number of halogens is 1. The molecule has 0 saturated carbocycles. The predicted octanol–water partition coefficient (Wildman–Crippen LogP) is 4.39. The van der Waals surface area contributed by atoms with E-state index in [1.165, 1.54) is 6.07 Å². The maximum atomic E-state index is 15.1. The monoisotopic (exact) mass is 429 g/mol. The summed E-state index contributed by atoms with van der Waals surface area (Å²) in [7, 11) is 0. The van der Waals surface area contributed by atoms with Gasteiger partial charge in [-0.05, 0) is 41.8 Å².